The SMILES string of the molecule is CC(C)(C)OC(=O)N1C[C@@H]2C[C@H]1CN2c1cccc(F)c1. The zero-order valence-corrected chi connectivity index (χ0v) is 12.7. The number of nitrogens with zero attached hydrogens (tertiary/aromatic N) is 2. The summed E-state index contributed by atoms with van der Waals surface area (Å²) < 4.78 is 18.8. The highest BCUT2D eigenvalue weighted by molar-refractivity contribution is 5.70. The van der Waals surface area contributed by atoms with Crippen LogP contribution in [0.25, 0.3) is 0 Å². The normalized spacial score (nSPS) is 24.6. The number of piperazine rings is 1. The molecule has 2 fully saturated rings. The van der Waals surface area contributed by atoms with Crippen molar-refractivity contribution in [2.24, 2.45) is 0 Å². The summed E-state index contributed by atoms with van der Waals surface area (Å²) in [4.78, 5) is 16.2. The number of carbonyl (C=O) groups excluding carboxylic acids is 1. The molecule has 0 radical (unpaired) electrons. The van der Waals surface area contributed by atoms with Gasteiger partial charge in [0.1, 0.15) is 11.4 Å². The average molecular weight is 292 g/mol. The average Bonchev–Trinajstić information content (AvgIpc) is 2.96. The lowest BCUT2D eigenvalue weighted by atomic mass is 10.2. The number of halogens is 1. The van der Waals surface area contributed by atoms with Gasteiger partial charge in [0, 0.05) is 24.8 Å². The van der Waals surface area contributed by atoms with Crippen molar-refractivity contribution in [3.05, 3.63) is 30.1 Å². The largest absolute Gasteiger partial charge is 0.444 e. The first-order valence-corrected chi connectivity index (χ1v) is 7.35. The van der Waals surface area contributed by atoms with Gasteiger partial charge in [-0.15, -0.1) is 0 Å². The molecule has 21 heavy (non-hydrogen) atoms. The van der Waals surface area contributed by atoms with E-state index in [2.05, 4.69) is 4.90 Å². The Kier molecular flexibility index (Phi) is 3.30. The van der Waals surface area contributed by atoms with Gasteiger partial charge < -0.3 is 14.5 Å². The van der Waals surface area contributed by atoms with E-state index < -0.39 is 5.60 Å². The van der Waals surface area contributed by atoms with Crippen molar-refractivity contribution in [1.29, 1.82) is 0 Å². The molecule has 0 saturated carbocycles. The molecule has 2 bridgehead atoms. The van der Waals surface area contributed by atoms with Gasteiger partial charge in [0.25, 0.3) is 0 Å². The summed E-state index contributed by atoms with van der Waals surface area (Å²) >= 11 is 0. The fourth-order valence-electron chi connectivity index (χ4n) is 3.18. The van der Waals surface area contributed by atoms with Gasteiger partial charge >= 0.3 is 6.09 Å². The lowest BCUT2D eigenvalue weighted by molar-refractivity contribution is 0.0214. The molecule has 1 aromatic carbocycles. The minimum Gasteiger partial charge on any atom is -0.444 e. The number of carbonyl (C=O) groups is 1. The third-order valence-electron chi connectivity index (χ3n) is 4.01. The minimum absolute atomic E-state index is 0.160. The zero-order valence-electron chi connectivity index (χ0n) is 12.7. The Morgan fingerprint density at radius 2 is 2.05 bits per heavy atom. The van der Waals surface area contributed by atoms with Crippen LogP contribution in [-0.2, 0) is 4.74 Å². The first kappa shape index (κ1) is 14.2. The highest BCUT2D eigenvalue weighted by Gasteiger charge is 2.46. The summed E-state index contributed by atoms with van der Waals surface area (Å²) in [6.45, 7) is 7.01. The topological polar surface area (TPSA) is 32.8 Å². The summed E-state index contributed by atoms with van der Waals surface area (Å²) in [6.07, 6.45) is 0.685. The van der Waals surface area contributed by atoms with Crippen LogP contribution in [0.15, 0.2) is 24.3 Å². The molecule has 2 aliphatic rings. The van der Waals surface area contributed by atoms with Gasteiger partial charge in [0.05, 0.1) is 6.04 Å². The third kappa shape index (κ3) is 2.82. The summed E-state index contributed by atoms with van der Waals surface area (Å²) in [5, 5.41) is 0. The van der Waals surface area contributed by atoms with E-state index in [-0.39, 0.29) is 24.0 Å². The summed E-state index contributed by atoms with van der Waals surface area (Å²) in [5.74, 6) is -0.223. The van der Waals surface area contributed by atoms with Gasteiger partial charge in [-0.3, -0.25) is 0 Å². The molecule has 0 aromatic heterocycles. The maximum atomic E-state index is 13.3. The molecule has 1 amide bonds. The predicted octanol–water partition coefficient (Wildman–Crippen LogP) is 3.02. The predicted molar refractivity (Wildman–Crippen MR) is 78.9 cm³/mol. The van der Waals surface area contributed by atoms with Crippen LogP contribution in [0.1, 0.15) is 27.2 Å². The highest BCUT2D eigenvalue weighted by atomic mass is 19.1. The number of benzene rings is 1. The second-order valence-electron chi connectivity index (χ2n) is 6.81. The summed E-state index contributed by atoms with van der Waals surface area (Å²) in [5.41, 5.74) is 0.424. The van der Waals surface area contributed by atoms with Crippen molar-refractivity contribution in [2.45, 2.75) is 44.9 Å². The Labute approximate surface area is 124 Å². The second kappa shape index (κ2) is 4.90. The number of fused-ring (bicyclic) bond motifs is 2. The van der Waals surface area contributed by atoms with Crippen molar-refractivity contribution >= 4 is 11.8 Å². The van der Waals surface area contributed by atoms with Crippen molar-refractivity contribution in [3.8, 4) is 0 Å². The molecule has 0 spiro atoms. The Hall–Kier alpha value is -1.78. The van der Waals surface area contributed by atoms with Crippen molar-refractivity contribution in [3.63, 3.8) is 0 Å². The number of likely N-dealkylation sites (tertiary alicyclic amines) is 1. The fraction of sp³-hybridized carbons (Fsp3) is 0.562. The van der Waals surface area contributed by atoms with Crippen LogP contribution in [0, 0.1) is 5.82 Å². The molecule has 0 unspecified atom stereocenters. The molecule has 2 heterocycles. The van der Waals surface area contributed by atoms with Gasteiger partial charge in [0.2, 0.25) is 0 Å². The Bertz CT molecular complexity index is 555. The number of hydrogen-bond donors (Lipinski definition) is 0. The zero-order chi connectivity index (χ0) is 15.2. The first-order valence-electron chi connectivity index (χ1n) is 7.35. The van der Waals surface area contributed by atoms with Crippen LogP contribution in [-0.4, -0.2) is 41.8 Å². The number of amides is 1. The Morgan fingerprint density at radius 3 is 2.62 bits per heavy atom. The minimum atomic E-state index is -0.471. The van der Waals surface area contributed by atoms with E-state index in [0.717, 1.165) is 18.7 Å². The van der Waals surface area contributed by atoms with E-state index in [0.29, 0.717) is 6.54 Å². The standard InChI is InChI=1S/C16H21FN2O2/c1-16(2,3)21-15(20)19-10-13-8-14(19)9-18(13)12-6-4-5-11(17)7-12/h4-7,13-14H,8-10H2,1-3H3/t13-,14-/m0/s1. The van der Waals surface area contributed by atoms with Gasteiger partial charge in [-0.05, 0) is 45.4 Å². The van der Waals surface area contributed by atoms with Gasteiger partial charge in [-0.1, -0.05) is 6.07 Å². The molecule has 4 nitrogen and oxygen atoms in total. The Balaban J connectivity index is 1.68. The Morgan fingerprint density at radius 1 is 1.29 bits per heavy atom. The molecule has 2 aliphatic heterocycles. The van der Waals surface area contributed by atoms with E-state index in [4.69, 9.17) is 4.74 Å². The van der Waals surface area contributed by atoms with E-state index in [1.54, 1.807) is 12.1 Å². The molecule has 0 N–H and O–H groups in total. The molecule has 2 saturated heterocycles. The van der Waals surface area contributed by atoms with Gasteiger partial charge in [-0.25, -0.2) is 9.18 Å². The van der Waals surface area contributed by atoms with Crippen LogP contribution in [0.3, 0.4) is 0 Å². The van der Waals surface area contributed by atoms with E-state index >= 15 is 0 Å². The molecular weight excluding hydrogens is 271 g/mol. The second-order valence-corrected chi connectivity index (χ2v) is 6.81. The molecule has 1 aromatic rings. The molecule has 114 valence electrons. The van der Waals surface area contributed by atoms with E-state index in [9.17, 15) is 9.18 Å². The highest BCUT2D eigenvalue weighted by Crippen LogP contribution is 2.35. The van der Waals surface area contributed by atoms with Gasteiger partial charge in [-0.2, -0.15) is 0 Å². The van der Waals surface area contributed by atoms with Crippen molar-refractivity contribution in [1.82, 2.24) is 4.90 Å². The first-order chi connectivity index (χ1) is 9.83. The van der Waals surface area contributed by atoms with E-state index in [1.807, 2.05) is 31.7 Å². The quantitative estimate of drug-likeness (QED) is 0.797. The number of ether oxygens (including phenoxy) is 1. The van der Waals surface area contributed by atoms with E-state index in [1.165, 1.54) is 6.07 Å². The number of rotatable bonds is 1. The van der Waals surface area contributed by atoms with Gasteiger partial charge in [0.15, 0.2) is 0 Å². The maximum Gasteiger partial charge on any atom is 0.410 e. The van der Waals surface area contributed by atoms with Crippen molar-refractivity contribution < 1.29 is 13.9 Å². The molecule has 0 aliphatic carbocycles. The lowest BCUT2D eigenvalue weighted by Gasteiger charge is -2.36. The monoisotopic (exact) mass is 292 g/mol. The maximum absolute atomic E-state index is 13.3. The van der Waals surface area contributed by atoms with Crippen LogP contribution < -0.4 is 4.90 Å². The van der Waals surface area contributed by atoms with Crippen LogP contribution >= 0.6 is 0 Å². The van der Waals surface area contributed by atoms with Crippen LogP contribution in [0.2, 0.25) is 0 Å². The summed E-state index contributed by atoms with van der Waals surface area (Å²) in [7, 11) is 0. The smallest absolute Gasteiger partial charge is 0.410 e. The molecule has 2 atom stereocenters. The third-order valence-corrected chi connectivity index (χ3v) is 4.01. The van der Waals surface area contributed by atoms with Crippen molar-refractivity contribution in [2.75, 3.05) is 18.0 Å². The molecule has 3 rings (SSSR count). The molecular formula is C16H21FN2O2. The number of hydrogen-bond acceptors (Lipinski definition) is 3. The van der Waals surface area contributed by atoms with Crippen LogP contribution in [0.4, 0.5) is 14.9 Å². The summed E-state index contributed by atoms with van der Waals surface area (Å²) in [6, 6.07) is 7.06. The number of anilines is 1. The van der Waals surface area contributed by atoms with Crippen LogP contribution in [0.5, 0.6) is 0 Å². The molecule has 5 heteroatoms. The fourth-order valence-corrected chi connectivity index (χ4v) is 3.18. The lowest BCUT2D eigenvalue weighted by Crippen LogP contribution is -2.50.